The second-order valence-electron chi connectivity index (χ2n) is 10.7. The number of aryl methyl sites for hydroxylation is 1. The molecule has 1 heterocycles. The van der Waals surface area contributed by atoms with E-state index in [9.17, 15) is 14.4 Å². The number of fused-ring (bicyclic) bond motifs is 1. The Bertz CT molecular complexity index is 1610. The van der Waals surface area contributed by atoms with Crippen molar-refractivity contribution in [1.82, 2.24) is 19.8 Å². The Morgan fingerprint density at radius 3 is 2.47 bits per heavy atom. The molecule has 3 aromatic carbocycles. The fraction of sp³-hybridized carbons (Fsp3) is 0.333. The van der Waals surface area contributed by atoms with Gasteiger partial charge in [-0.05, 0) is 55.2 Å². The maximum Gasteiger partial charge on any atom is 0.407 e. The number of aromatic nitrogens is 2. The van der Waals surface area contributed by atoms with Crippen molar-refractivity contribution in [3.05, 3.63) is 111 Å². The number of rotatable bonds is 12. The molecule has 1 N–H and O–H groups in total. The van der Waals surface area contributed by atoms with Crippen LogP contribution in [0.1, 0.15) is 53.6 Å². The zero-order chi connectivity index (χ0) is 30.9. The number of thiol groups is 1. The van der Waals surface area contributed by atoms with Crippen molar-refractivity contribution < 1.29 is 14.3 Å². The van der Waals surface area contributed by atoms with E-state index in [-0.39, 0.29) is 30.5 Å². The largest absolute Gasteiger partial charge is 0.449 e. The van der Waals surface area contributed by atoms with Gasteiger partial charge in [-0.1, -0.05) is 73.5 Å². The van der Waals surface area contributed by atoms with E-state index >= 15 is 0 Å². The van der Waals surface area contributed by atoms with Gasteiger partial charge in [0.15, 0.2) is 0 Å². The molecule has 0 aliphatic rings. The Morgan fingerprint density at radius 1 is 1.07 bits per heavy atom. The topological polar surface area (TPSA) is 93.5 Å². The van der Waals surface area contributed by atoms with Crippen molar-refractivity contribution in [2.24, 2.45) is 5.92 Å². The number of nitrogens with one attached hydrogen (secondary N) is 1. The van der Waals surface area contributed by atoms with Crippen LogP contribution in [-0.2, 0) is 11.3 Å². The third-order valence-electron chi connectivity index (χ3n) is 7.09. The van der Waals surface area contributed by atoms with E-state index in [4.69, 9.17) is 21.3 Å². The van der Waals surface area contributed by atoms with Crippen LogP contribution in [0, 0.1) is 12.8 Å². The van der Waals surface area contributed by atoms with Crippen LogP contribution in [0.4, 0.5) is 4.79 Å². The maximum atomic E-state index is 14.2. The molecule has 1 unspecified atom stereocenters. The average Bonchev–Trinajstić information content (AvgIpc) is 2.99. The molecular weight excluding hydrogens is 584 g/mol. The first-order valence-corrected chi connectivity index (χ1v) is 15.3. The van der Waals surface area contributed by atoms with Gasteiger partial charge in [-0.2, -0.15) is 12.6 Å². The first-order chi connectivity index (χ1) is 20.7. The highest BCUT2D eigenvalue weighted by atomic mass is 35.5. The fourth-order valence-electron chi connectivity index (χ4n) is 5.01. The molecule has 0 bridgehead atoms. The van der Waals surface area contributed by atoms with E-state index in [1.165, 1.54) is 0 Å². The van der Waals surface area contributed by atoms with Crippen LogP contribution < -0.4 is 10.9 Å². The lowest BCUT2D eigenvalue weighted by Gasteiger charge is -2.35. The Kier molecular flexibility index (Phi) is 11.3. The Hall–Kier alpha value is -3.82. The van der Waals surface area contributed by atoms with E-state index in [0.29, 0.717) is 52.6 Å². The van der Waals surface area contributed by atoms with E-state index in [0.717, 1.165) is 11.1 Å². The zero-order valence-corrected chi connectivity index (χ0v) is 26.3. The zero-order valence-electron chi connectivity index (χ0n) is 24.6. The summed E-state index contributed by atoms with van der Waals surface area (Å²) in [7, 11) is 0. The van der Waals surface area contributed by atoms with E-state index < -0.39 is 12.1 Å². The normalized spacial score (nSPS) is 11.9. The molecule has 0 spiro atoms. The van der Waals surface area contributed by atoms with Crippen molar-refractivity contribution in [3.8, 4) is 0 Å². The standard InChI is InChI=1S/C33H37ClN4O4S/c1-22(2)29(37(17-7-16-35-33(41)42-18-19-43)31(39)25-12-10-23(3)11-13-25)30-36-28-20-26(34)14-15-27(28)32(40)38(30)21-24-8-5-4-6-9-24/h4-6,8-15,20,22,29,43H,7,16-19,21H2,1-3H3,(H,35,41). The maximum absolute atomic E-state index is 14.2. The average molecular weight is 621 g/mol. The minimum absolute atomic E-state index is 0.117. The third-order valence-corrected chi connectivity index (χ3v) is 7.51. The highest BCUT2D eigenvalue weighted by molar-refractivity contribution is 7.80. The summed E-state index contributed by atoms with van der Waals surface area (Å²) in [6.45, 7) is 7.08. The molecule has 43 heavy (non-hydrogen) atoms. The predicted octanol–water partition coefficient (Wildman–Crippen LogP) is 6.29. The fourth-order valence-corrected chi connectivity index (χ4v) is 5.27. The van der Waals surface area contributed by atoms with E-state index in [1.54, 1.807) is 39.8 Å². The molecule has 226 valence electrons. The van der Waals surface area contributed by atoms with E-state index in [2.05, 4.69) is 17.9 Å². The molecule has 4 rings (SSSR count). The number of alkyl carbamates (subject to hydrolysis) is 1. The Morgan fingerprint density at radius 2 is 1.79 bits per heavy atom. The summed E-state index contributed by atoms with van der Waals surface area (Å²) in [5.74, 6) is 0.591. The summed E-state index contributed by atoms with van der Waals surface area (Å²) in [6, 6.07) is 21.6. The van der Waals surface area contributed by atoms with Gasteiger partial charge in [0, 0.05) is 29.4 Å². The van der Waals surface area contributed by atoms with Crippen LogP contribution in [0.15, 0.2) is 77.6 Å². The first kappa shape index (κ1) is 32.1. The van der Waals surface area contributed by atoms with Crippen molar-refractivity contribution in [3.63, 3.8) is 0 Å². The number of ether oxygens (including phenoxy) is 1. The van der Waals surface area contributed by atoms with Crippen LogP contribution in [0.3, 0.4) is 0 Å². The molecule has 0 aliphatic carbocycles. The molecule has 10 heteroatoms. The van der Waals surface area contributed by atoms with Gasteiger partial charge in [0.05, 0.1) is 23.5 Å². The number of halogens is 1. The van der Waals surface area contributed by atoms with Gasteiger partial charge in [-0.25, -0.2) is 9.78 Å². The van der Waals surface area contributed by atoms with Crippen molar-refractivity contribution in [1.29, 1.82) is 0 Å². The summed E-state index contributed by atoms with van der Waals surface area (Å²) in [6.07, 6.45) is -0.0743. The molecule has 0 fully saturated rings. The second-order valence-corrected chi connectivity index (χ2v) is 11.6. The van der Waals surface area contributed by atoms with Crippen molar-refractivity contribution >= 4 is 47.1 Å². The number of hydrogen-bond acceptors (Lipinski definition) is 6. The monoisotopic (exact) mass is 620 g/mol. The Labute approximate surface area is 262 Å². The van der Waals surface area contributed by atoms with Crippen LogP contribution in [0.5, 0.6) is 0 Å². The van der Waals surface area contributed by atoms with Gasteiger partial charge in [-0.15, -0.1) is 0 Å². The third kappa shape index (κ3) is 8.18. The van der Waals surface area contributed by atoms with Gasteiger partial charge in [-0.3, -0.25) is 14.2 Å². The molecule has 8 nitrogen and oxygen atoms in total. The van der Waals surface area contributed by atoms with Crippen LogP contribution >= 0.6 is 24.2 Å². The number of nitrogens with zero attached hydrogens (tertiary/aromatic N) is 3. The van der Waals surface area contributed by atoms with Gasteiger partial charge in [0.25, 0.3) is 11.5 Å². The summed E-state index contributed by atoms with van der Waals surface area (Å²) in [4.78, 5) is 47.0. The molecule has 0 saturated heterocycles. The van der Waals surface area contributed by atoms with Crippen LogP contribution in [-0.4, -0.2) is 51.9 Å². The number of amides is 2. The molecule has 0 saturated carbocycles. The number of hydrogen-bond donors (Lipinski definition) is 2. The minimum Gasteiger partial charge on any atom is -0.449 e. The van der Waals surface area contributed by atoms with Gasteiger partial charge >= 0.3 is 6.09 Å². The summed E-state index contributed by atoms with van der Waals surface area (Å²) in [5.41, 5.74) is 2.76. The molecule has 2 amide bonds. The highest BCUT2D eigenvalue weighted by Crippen LogP contribution is 2.31. The first-order valence-electron chi connectivity index (χ1n) is 14.3. The smallest absolute Gasteiger partial charge is 0.407 e. The number of benzene rings is 3. The molecular formula is C33H37ClN4O4S. The summed E-state index contributed by atoms with van der Waals surface area (Å²) in [5, 5.41) is 3.65. The predicted molar refractivity (Wildman–Crippen MR) is 174 cm³/mol. The lowest BCUT2D eigenvalue weighted by atomic mass is 9.98. The summed E-state index contributed by atoms with van der Waals surface area (Å²) >= 11 is 10.4. The van der Waals surface area contributed by atoms with Crippen LogP contribution in [0.2, 0.25) is 5.02 Å². The second kappa shape index (κ2) is 15.1. The van der Waals surface area contributed by atoms with Gasteiger partial charge in [0.1, 0.15) is 12.4 Å². The minimum atomic E-state index is -0.565. The lowest BCUT2D eigenvalue weighted by Crippen LogP contribution is -2.42. The highest BCUT2D eigenvalue weighted by Gasteiger charge is 2.32. The van der Waals surface area contributed by atoms with E-state index in [1.807, 2.05) is 63.2 Å². The van der Waals surface area contributed by atoms with Crippen molar-refractivity contribution in [2.45, 2.75) is 39.8 Å². The van der Waals surface area contributed by atoms with Gasteiger partial charge < -0.3 is 15.0 Å². The quantitative estimate of drug-likeness (QED) is 0.143. The van der Waals surface area contributed by atoms with Gasteiger partial charge in [0.2, 0.25) is 0 Å². The molecule has 0 radical (unpaired) electrons. The number of carbonyl (C=O) groups is 2. The Balaban J connectivity index is 1.80. The van der Waals surface area contributed by atoms with Crippen molar-refractivity contribution in [2.75, 3.05) is 25.4 Å². The van der Waals surface area contributed by atoms with Crippen LogP contribution in [0.25, 0.3) is 10.9 Å². The lowest BCUT2D eigenvalue weighted by molar-refractivity contribution is 0.0601. The molecule has 1 atom stereocenters. The SMILES string of the molecule is Cc1ccc(C(=O)N(CCCNC(=O)OCCS)C(c2nc3cc(Cl)ccc3c(=O)n2Cc2ccccc2)C(C)C)cc1. The molecule has 4 aromatic rings. The number of carbonyl (C=O) groups excluding carboxylic acids is 2. The molecule has 0 aliphatic heterocycles. The summed E-state index contributed by atoms with van der Waals surface area (Å²) < 4.78 is 6.72. The molecule has 1 aromatic heterocycles.